The standard InChI is InChI=1S/C16H21ClN4O/c1-11(10-21-13(3)7-12(2)20-21)9-18-16(22)19-15-6-4-5-14(17)8-15/h4-8,11H,9-10H2,1-3H3,(H2,18,19,22)/t11-/m1/s1. The Labute approximate surface area is 135 Å². The van der Waals surface area contributed by atoms with Gasteiger partial charge in [-0.3, -0.25) is 4.68 Å². The number of carbonyl (C=O) groups excluding carboxylic acids is 1. The van der Waals surface area contributed by atoms with Gasteiger partial charge >= 0.3 is 6.03 Å². The zero-order valence-corrected chi connectivity index (χ0v) is 13.8. The number of halogens is 1. The average molecular weight is 321 g/mol. The molecule has 2 N–H and O–H groups in total. The fourth-order valence-corrected chi connectivity index (χ4v) is 2.42. The Bertz CT molecular complexity index is 653. The summed E-state index contributed by atoms with van der Waals surface area (Å²) < 4.78 is 1.97. The average Bonchev–Trinajstić information content (AvgIpc) is 2.74. The van der Waals surface area contributed by atoms with Crippen LogP contribution in [0.5, 0.6) is 0 Å². The van der Waals surface area contributed by atoms with Crippen LogP contribution in [0.3, 0.4) is 0 Å². The van der Waals surface area contributed by atoms with Crippen molar-refractivity contribution in [3.63, 3.8) is 0 Å². The van der Waals surface area contributed by atoms with Crippen LogP contribution in [0, 0.1) is 19.8 Å². The summed E-state index contributed by atoms with van der Waals surface area (Å²) in [5.41, 5.74) is 2.82. The van der Waals surface area contributed by atoms with Crippen LogP contribution in [-0.4, -0.2) is 22.4 Å². The lowest BCUT2D eigenvalue weighted by Gasteiger charge is -2.14. The predicted octanol–water partition coefficient (Wildman–Crippen LogP) is 3.61. The van der Waals surface area contributed by atoms with E-state index < -0.39 is 0 Å². The summed E-state index contributed by atoms with van der Waals surface area (Å²) in [6.45, 7) is 7.44. The zero-order valence-electron chi connectivity index (χ0n) is 13.1. The second-order valence-electron chi connectivity index (χ2n) is 5.56. The second-order valence-corrected chi connectivity index (χ2v) is 6.00. The molecule has 0 bridgehead atoms. The summed E-state index contributed by atoms with van der Waals surface area (Å²) in [5.74, 6) is 0.281. The van der Waals surface area contributed by atoms with Crippen LogP contribution in [-0.2, 0) is 6.54 Å². The van der Waals surface area contributed by atoms with Crippen molar-refractivity contribution in [2.24, 2.45) is 5.92 Å². The van der Waals surface area contributed by atoms with E-state index in [2.05, 4.69) is 22.7 Å². The third-order valence-corrected chi connectivity index (χ3v) is 3.52. The van der Waals surface area contributed by atoms with E-state index in [4.69, 9.17) is 11.6 Å². The van der Waals surface area contributed by atoms with Gasteiger partial charge in [-0.15, -0.1) is 0 Å². The van der Waals surface area contributed by atoms with Crippen LogP contribution < -0.4 is 10.6 Å². The van der Waals surface area contributed by atoms with Crippen LogP contribution in [0.25, 0.3) is 0 Å². The molecule has 1 aromatic carbocycles. The van der Waals surface area contributed by atoms with Gasteiger partial charge < -0.3 is 10.6 Å². The molecule has 0 aliphatic carbocycles. The van der Waals surface area contributed by atoms with E-state index in [-0.39, 0.29) is 11.9 Å². The molecular formula is C16H21ClN4O. The Balaban J connectivity index is 1.79. The number of urea groups is 1. The molecule has 0 unspecified atom stereocenters. The van der Waals surface area contributed by atoms with Gasteiger partial charge in [-0.1, -0.05) is 24.6 Å². The normalized spacial score (nSPS) is 12.0. The van der Waals surface area contributed by atoms with Crippen molar-refractivity contribution in [1.29, 1.82) is 0 Å². The molecule has 0 radical (unpaired) electrons. The van der Waals surface area contributed by atoms with Gasteiger partial charge in [0, 0.05) is 29.5 Å². The fraction of sp³-hybridized carbons (Fsp3) is 0.375. The molecule has 0 aliphatic heterocycles. The molecule has 0 spiro atoms. The highest BCUT2D eigenvalue weighted by molar-refractivity contribution is 6.30. The van der Waals surface area contributed by atoms with Crippen molar-refractivity contribution in [3.8, 4) is 0 Å². The fourth-order valence-electron chi connectivity index (χ4n) is 2.23. The van der Waals surface area contributed by atoms with Gasteiger partial charge in [0.05, 0.1) is 5.69 Å². The van der Waals surface area contributed by atoms with E-state index in [0.29, 0.717) is 17.3 Å². The third-order valence-electron chi connectivity index (χ3n) is 3.28. The molecule has 1 atom stereocenters. The largest absolute Gasteiger partial charge is 0.338 e. The van der Waals surface area contributed by atoms with E-state index in [0.717, 1.165) is 17.9 Å². The van der Waals surface area contributed by atoms with Crippen molar-refractivity contribution in [1.82, 2.24) is 15.1 Å². The zero-order chi connectivity index (χ0) is 16.1. The van der Waals surface area contributed by atoms with E-state index >= 15 is 0 Å². The topological polar surface area (TPSA) is 59.0 Å². The number of rotatable bonds is 5. The number of benzene rings is 1. The number of hydrogen-bond donors (Lipinski definition) is 2. The highest BCUT2D eigenvalue weighted by Crippen LogP contribution is 2.14. The lowest BCUT2D eigenvalue weighted by Crippen LogP contribution is -2.33. The quantitative estimate of drug-likeness (QED) is 0.884. The molecule has 6 heteroatoms. The number of hydrogen-bond acceptors (Lipinski definition) is 2. The van der Waals surface area contributed by atoms with Gasteiger partial charge in [0.15, 0.2) is 0 Å². The van der Waals surface area contributed by atoms with Crippen LogP contribution in [0.15, 0.2) is 30.3 Å². The first-order chi connectivity index (χ1) is 10.4. The molecule has 5 nitrogen and oxygen atoms in total. The van der Waals surface area contributed by atoms with Crippen molar-refractivity contribution >= 4 is 23.3 Å². The molecule has 2 rings (SSSR count). The molecule has 1 aromatic heterocycles. The molecule has 22 heavy (non-hydrogen) atoms. The third kappa shape index (κ3) is 4.77. The van der Waals surface area contributed by atoms with Gasteiger partial charge in [0.1, 0.15) is 0 Å². The highest BCUT2D eigenvalue weighted by Gasteiger charge is 2.09. The molecule has 2 amide bonds. The van der Waals surface area contributed by atoms with Gasteiger partial charge in [-0.05, 0) is 44.0 Å². The van der Waals surface area contributed by atoms with Crippen molar-refractivity contribution < 1.29 is 4.79 Å². The number of nitrogens with zero attached hydrogens (tertiary/aromatic N) is 2. The first-order valence-electron chi connectivity index (χ1n) is 7.25. The van der Waals surface area contributed by atoms with Crippen molar-refractivity contribution in [2.75, 3.05) is 11.9 Å². The van der Waals surface area contributed by atoms with E-state index in [1.807, 2.05) is 24.6 Å². The summed E-state index contributed by atoms with van der Waals surface area (Å²) in [6.07, 6.45) is 0. The minimum absolute atomic E-state index is 0.234. The maximum absolute atomic E-state index is 11.9. The second kappa shape index (κ2) is 7.31. The molecule has 1 heterocycles. The summed E-state index contributed by atoms with van der Waals surface area (Å²) >= 11 is 5.88. The number of aryl methyl sites for hydroxylation is 2. The Morgan fingerprint density at radius 1 is 1.36 bits per heavy atom. The molecule has 0 saturated carbocycles. The summed E-state index contributed by atoms with van der Waals surface area (Å²) in [6, 6.07) is 8.88. The Morgan fingerprint density at radius 2 is 2.14 bits per heavy atom. The first kappa shape index (κ1) is 16.4. The molecule has 118 valence electrons. The number of nitrogens with one attached hydrogen (secondary N) is 2. The highest BCUT2D eigenvalue weighted by atomic mass is 35.5. The maximum Gasteiger partial charge on any atom is 0.319 e. The van der Waals surface area contributed by atoms with Crippen LogP contribution in [0.4, 0.5) is 10.5 Å². The van der Waals surface area contributed by atoms with E-state index in [1.54, 1.807) is 24.3 Å². The Morgan fingerprint density at radius 3 is 2.77 bits per heavy atom. The monoisotopic (exact) mass is 320 g/mol. The lowest BCUT2D eigenvalue weighted by atomic mass is 10.2. The first-order valence-corrected chi connectivity index (χ1v) is 7.63. The van der Waals surface area contributed by atoms with E-state index in [9.17, 15) is 4.79 Å². The van der Waals surface area contributed by atoms with Gasteiger partial charge in [0.2, 0.25) is 0 Å². The van der Waals surface area contributed by atoms with E-state index in [1.165, 1.54) is 0 Å². The van der Waals surface area contributed by atoms with Crippen molar-refractivity contribution in [2.45, 2.75) is 27.3 Å². The molecular weight excluding hydrogens is 300 g/mol. The molecule has 2 aromatic rings. The summed E-state index contributed by atoms with van der Waals surface area (Å²) in [7, 11) is 0. The van der Waals surface area contributed by atoms with Crippen LogP contribution in [0.1, 0.15) is 18.3 Å². The maximum atomic E-state index is 11.9. The lowest BCUT2D eigenvalue weighted by molar-refractivity contribution is 0.249. The van der Waals surface area contributed by atoms with Crippen molar-refractivity contribution in [3.05, 3.63) is 46.7 Å². The summed E-state index contributed by atoms with van der Waals surface area (Å²) in [4.78, 5) is 11.9. The Hall–Kier alpha value is -2.01. The number of aromatic nitrogens is 2. The van der Waals surface area contributed by atoms with Crippen LogP contribution in [0.2, 0.25) is 5.02 Å². The molecule has 0 aliphatic rings. The smallest absolute Gasteiger partial charge is 0.319 e. The minimum Gasteiger partial charge on any atom is -0.338 e. The van der Waals surface area contributed by atoms with Crippen LogP contribution >= 0.6 is 11.6 Å². The van der Waals surface area contributed by atoms with Gasteiger partial charge in [-0.2, -0.15) is 5.10 Å². The van der Waals surface area contributed by atoms with Gasteiger partial charge in [0.25, 0.3) is 0 Å². The minimum atomic E-state index is -0.234. The summed E-state index contributed by atoms with van der Waals surface area (Å²) in [5, 5.41) is 10.6. The number of carbonyl (C=O) groups is 1. The van der Waals surface area contributed by atoms with Gasteiger partial charge in [-0.25, -0.2) is 4.79 Å². The molecule has 0 fully saturated rings. The number of amides is 2. The Kier molecular flexibility index (Phi) is 5.44. The SMILES string of the molecule is Cc1cc(C)n(C[C@H](C)CNC(=O)Nc2cccc(Cl)c2)n1. The predicted molar refractivity (Wildman–Crippen MR) is 89.3 cm³/mol. The number of anilines is 1. The molecule has 0 saturated heterocycles.